The van der Waals surface area contributed by atoms with E-state index in [9.17, 15) is 14.7 Å². The number of carbonyl (C=O) groups excluding carboxylic acids is 1. The molecule has 25 heavy (non-hydrogen) atoms. The van der Waals surface area contributed by atoms with Crippen molar-refractivity contribution in [1.82, 2.24) is 9.88 Å². The van der Waals surface area contributed by atoms with Crippen molar-refractivity contribution in [1.29, 1.82) is 0 Å². The molecule has 1 aromatic heterocycles. The summed E-state index contributed by atoms with van der Waals surface area (Å²) in [7, 11) is 0. The Labute approximate surface area is 150 Å². The van der Waals surface area contributed by atoms with Crippen molar-refractivity contribution in [2.24, 2.45) is 17.8 Å². The second kappa shape index (κ2) is 6.26. The minimum atomic E-state index is -0.779. The van der Waals surface area contributed by atoms with Crippen LogP contribution in [0.2, 0.25) is 0 Å². The summed E-state index contributed by atoms with van der Waals surface area (Å²) in [6.07, 6.45) is 2.18. The van der Waals surface area contributed by atoms with E-state index >= 15 is 0 Å². The summed E-state index contributed by atoms with van der Waals surface area (Å²) in [5, 5.41) is 10.3. The maximum Gasteiger partial charge on any atom is 0.308 e. The molecule has 2 fully saturated rings. The van der Waals surface area contributed by atoms with Gasteiger partial charge in [0.25, 0.3) is 5.91 Å². The van der Waals surface area contributed by atoms with Gasteiger partial charge in [-0.1, -0.05) is 30.3 Å². The van der Waals surface area contributed by atoms with Gasteiger partial charge >= 0.3 is 5.97 Å². The lowest BCUT2D eigenvalue weighted by Crippen LogP contribution is -2.29. The number of likely N-dealkylation sites (tertiary alicyclic amines) is 1. The number of nitrogens with zero attached hydrogens (tertiary/aromatic N) is 2. The van der Waals surface area contributed by atoms with Crippen molar-refractivity contribution in [3.8, 4) is 10.6 Å². The van der Waals surface area contributed by atoms with Gasteiger partial charge in [-0.05, 0) is 31.6 Å². The zero-order chi connectivity index (χ0) is 17.6. The highest BCUT2D eigenvalue weighted by Crippen LogP contribution is 2.44. The van der Waals surface area contributed by atoms with Gasteiger partial charge in [0.05, 0.1) is 11.6 Å². The van der Waals surface area contributed by atoms with Crippen LogP contribution >= 0.6 is 11.3 Å². The first-order valence-corrected chi connectivity index (χ1v) is 9.41. The van der Waals surface area contributed by atoms with Gasteiger partial charge in [-0.3, -0.25) is 9.59 Å². The molecule has 2 heterocycles. The molecule has 2 atom stereocenters. The predicted octanol–water partition coefficient (Wildman–Crippen LogP) is 3.30. The van der Waals surface area contributed by atoms with Crippen LogP contribution < -0.4 is 0 Å². The zero-order valence-corrected chi connectivity index (χ0v) is 14.8. The minimum absolute atomic E-state index is 0.0772. The van der Waals surface area contributed by atoms with Gasteiger partial charge in [0.2, 0.25) is 0 Å². The molecule has 4 rings (SSSR count). The van der Waals surface area contributed by atoms with E-state index in [0.29, 0.717) is 23.9 Å². The fraction of sp³-hybridized carbons (Fsp3) is 0.421. The largest absolute Gasteiger partial charge is 0.481 e. The van der Waals surface area contributed by atoms with Crippen LogP contribution in [0.25, 0.3) is 10.6 Å². The van der Waals surface area contributed by atoms with Crippen molar-refractivity contribution in [2.45, 2.75) is 19.8 Å². The molecule has 1 N–H and O–H groups in total. The summed E-state index contributed by atoms with van der Waals surface area (Å²) in [5.74, 6) is -0.715. The zero-order valence-electron chi connectivity index (χ0n) is 14.0. The Morgan fingerprint density at radius 1 is 1.20 bits per heavy atom. The van der Waals surface area contributed by atoms with Crippen LogP contribution in [-0.4, -0.2) is 40.0 Å². The lowest BCUT2D eigenvalue weighted by molar-refractivity contribution is -0.142. The Morgan fingerprint density at radius 3 is 2.56 bits per heavy atom. The van der Waals surface area contributed by atoms with E-state index in [-0.39, 0.29) is 11.8 Å². The van der Waals surface area contributed by atoms with Crippen molar-refractivity contribution in [3.63, 3.8) is 0 Å². The van der Waals surface area contributed by atoms with Gasteiger partial charge in [0.1, 0.15) is 9.88 Å². The van der Waals surface area contributed by atoms with Gasteiger partial charge in [-0.25, -0.2) is 4.98 Å². The fourth-order valence-corrected chi connectivity index (χ4v) is 4.74. The smallest absolute Gasteiger partial charge is 0.308 e. The highest BCUT2D eigenvalue weighted by molar-refractivity contribution is 7.17. The molecular weight excluding hydrogens is 336 g/mol. The second-order valence-electron chi connectivity index (χ2n) is 6.96. The molecule has 0 bridgehead atoms. The minimum Gasteiger partial charge on any atom is -0.481 e. The molecule has 130 valence electrons. The highest BCUT2D eigenvalue weighted by atomic mass is 32.1. The Bertz CT molecular complexity index is 813. The van der Waals surface area contributed by atoms with E-state index in [1.54, 1.807) is 4.90 Å². The molecule has 0 radical (unpaired) electrons. The summed E-state index contributed by atoms with van der Waals surface area (Å²) >= 11 is 1.39. The average molecular weight is 356 g/mol. The molecule has 1 amide bonds. The Morgan fingerprint density at radius 2 is 1.92 bits per heavy atom. The van der Waals surface area contributed by atoms with Gasteiger partial charge in [0, 0.05) is 18.7 Å². The molecular formula is C19H20N2O3S. The molecule has 1 aliphatic carbocycles. The first kappa shape index (κ1) is 16.3. The average Bonchev–Trinajstić information content (AvgIpc) is 3.23. The third-order valence-electron chi connectivity index (χ3n) is 5.21. The van der Waals surface area contributed by atoms with Gasteiger partial charge in [0.15, 0.2) is 0 Å². The van der Waals surface area contributed by atoms with E-state index in [0.717, 1.165) is 29.1 Å². The van der Waals surface area contributed by atoms with E-state index in [2.05, 4.69) is 4.98 Å². The highest BCUT2D eigenvalue weighted by Gasteiger charge is 2.47. The molecule has 2 aliphatic rings. The summed E-state index contributed by atoms with van der Waals surface area (Å²) in [6.45, 7) is 2.71. The number of aliphatic carboxylic acids is 1. The summed E-state index contributed by atoms with van der Waals surface area (Å²) < 4.78 is 0. The molecule has 1 aliphatic heterocycles. The molecule has 0 unspecified atom stereocenters. The van der Waals surface area contributed by atoms with Crippen LogP contribution in [0.3, 0.4) is 0 Å². The lowest BCUT2D eigenvalue weighted by Gasteiger charge is -2.15. The van der Waals surface area contributed by atoms with Crippen LogP contribution in [0.1, 0.15) is 28.2 Å². The third kappa shape index (κ3) is 3.06. The molecule has 1 saturated carbocycles. The molecule has 2 aromatic rings. The topological polar surface area (TPSA) is 70.5 Å². The summed E-state index contributed by atoms with van der Waals surface area (Å²) in [6, 6.07) is 9.81. The first-order valence-electron chi connectivity index (χ1n) is 8.59. The quantitative estimate of drug-likeness (QED) is 0.912. The summed E-state index contributed by atoms with van der Waals surface area (Å²) in [5.41, 5.74) is 1.71. The number of amides is 1. The maximum atomic E-state index is 13.0. The number of hydrogen-bond donors (Lipinski definition) is 1. The SMILES string of the molecule is Cc1nc(-c2ccccc2)sc1C(=O)N1C[C@H](C(=O)O)[C@@H](C2CC2)C1. The van der Waals surface area contributed by atoms with E-state index in [4.69, 9.17) is 0 Å². The number of thiazole rings is 1. The van der Waals surface area contributed by atoms with Crippen LogP contribution in [0.5, 0.6) is 0 Å². The number of carbonyl (C=O) groups is 2. The van der Waals surface area contributed by atoms with E-state index < -0.39 is 11.9 Å². The number of carboxylic acid groups (broad SMARTS) is 1. The molecule has 5 nitrogen and oxygen atoms in total. The van der Waals surface area contributed by atoms with E-state index in [1.807, 2.05) is 37.3 Å². The Hall–Kier alpha value is -2.21. The molecule has 1 saturated heterocycles. The fourth-order valence-electron chi connectivity index (χ4n) is 3.70. The number of rotatable bonds is 4. The van der Waals surface area contributed by atoms with Crippen LogP contribution in [0.4, 0.5) is 0 Å². The third-order valence-corrected chi connectivity index (χ3v) is 6.40. The van der Waals surface area contributed by atoms with Gasteiger partial charge < -0.3 is 10.0 Å². The monoisotopic (exact) mass is 356 g/mol. The summed E-state index contributed by atoms with van der Waals surface area (Å²) in [4.78, 5) is 31.4. The maximum absolute atomic E-state index is 13.0. The van der Waals surface area contributed by atoms with Crippen LogP contribution in [0.15, 0.2) is 30.3 Å². The number of hydrogen-bond acceptors (Lipinski definition) is 4. The van der Waals surface area contributed by atoms with Crippen molar-refractivity contribution >= 4 is 23.2 Å². The standard InChI is InChI=1S/C19H20N2O3S/c1-11-16(25-17(20-11)13-5-3-2-4-6-13)18(22)21-9-14(12-7-8-12)15(10-21)19(23)24/h2-6,12,14-15H,7-10H2,1H3,(H,23,24)/t14-,15+/m1/s1. The second-order valence-corrected chi connectivity index (χ2v) is 7.95. The molecule has 6 heteroatoms. The normalized spacial score (nSPS) is 23.0. The Balaban J connectivity index is 1.57. The van der Waals surface area contributed by atoms with Crippen LogP contribution in [0, 0.1) is 24.7 Å². The number of carboxylic acids is 1. The predicted molar refractivity (Wildman–Crippen MR) is 95.5 cm³/mol. The number of aryl methyl sites for hydroxylation is 1. The van der Waals surface area contributed by atoms with Gasteiger partial charge in [-0.15, -0.1) is 11.3 Å². The van der Waals surface area contributed by atoms with Crippen molar-refractivity contribution in [2.75, 3.05) is 13.1 Å². The number of aromatic nitrogens is 1. The Kier molecular flexibility index (Phi) is 4.07. The van der Waals surface area contributed by atoms with Crippen LogP contribution in [-0.2, 0) is 4.79 Å². The molecule has 0 spiro atoms. The van der Waals surface area contributed by atoms with Crippen molar-refractivity contribution < 1.29 is 14.7 Å². The van der Waals surface area contributed by atoms with Gasteiger partial charge in [-0.2, -0.15) is 0 Å². The molecule has 1 aromatic carbocycles. The lowest BCUT2D eigenvalue weighted by atomic mass is 9.92. The number of benzene rings is 1. The van der Waals surface area contributed by atoms with E-state index in [1.165, 1.54) is 11.3 Å². The van der Waals surface area contributed by atoms with Crippen molar-refractivity contribution in [3.05, 3.63) is 40.9 Å². The first-order chi connectivity index (χ1) is 12.0.